The zero-order valence-corrected chi connectivity index (χ0v) is 17.1. The number of halogens is 1. The lowest BCUT2D eigenvalue weighted by molar-refractivity contribution is 0.0997. The highest BCUT2D eigenvalue weighted by atomic mass is 35.5. The molecule has 3 rings (SSSR count). The number of amides is 1. The van der Waals surface area contributed by atoms with E-state index in [1.165, 1.54) is 23.5 Å². The fourth-order valence-electron chi connectivity index (χ4n) is 2.53. The molecule has 2 aromatic carbocycles. The number of hydrogen-bond donors (Lipinski definition) is 0. The summed E-state index contributed by atoms with van der Waals surface area (Å²) in [4.78, 5) is 17.5. The lowest BCUT2D eigenvalue weighted by Crippen LogP contribution is -2.17. The number of nitrogens with zero attached hydrogens (tertiary/aromatic N) is 2. The van der Waals surface area contributed by atoms with E-state index in [-0.39, 0.29) is 10.5 Å². The number of carbonyl (C=O) groups excluding carboxylic acids is 1. The number of thiazole rings is 1. The molecular formula is C19H17ClN2O3S2. The van der Waals surface area contributed by atoms with Crippen LogP contribution in [0.4, 0.5) is 0 Å². The van der Waals surface area contributed by atoms with Gasteiger partial charge in [0.15, 0.2) is 14.6 Å². The van der Waals surface area contributed by atoms with Crippen molar-refractivity contribution in [3.8, 4) is 0 Å². The van der Waals surface area contributed by atoms with Gasteiger partial charge in [0.1, 0.15) is 0 Å². The summed E-state index contributed by atoms with van der Waals surface area (Å²) in [5.41, 5.74) is 1.86. The van der Waals surface area contributed by atoms with Crippen LogP contribution in [0.2, 0.25) is 5.02 Å². The fourth-order valence-corrected chi connectivity index (χ4v) is 4.10. The second kappa shape index (κ2) is 7.80. The first kappa shape index (κ1) is 19.5. The molecule has 3 aromatic rings. The smallest absolute Gasteiger partial charge is 0.279 e. The van der Waals surface area contributed by atoms with Crippen molar-refractivity contribution in [3.05, 3.63) is 80.6 Å². The molecule has 0 aliphatic carbocycles. The van der Waals surface area contributed by atoms with Gasteiger partial charge in [0.2, 0.25) is 0 Å². The van der Waals surface area contributed by atoms with Gasteiger partial charge in [-0.3, -0.25) is 4.79 Å². The van der Waals surface area contributed by atoms with Gasteiger partial charge in [-0.15, -0.1) is 11.3 Å². The lowest BCUT2D eigenvalue weighted by atomic mass is 10.1. The monoisotopic (exact) mass is 420 g/mol. The third kappa shape index (κ3) is 4.55. The molecule has 8 heteroatoms. The van der Waals surface area contributed by atoms with E-state index in [4.69, 9.17) is 11.6 Å². The van der Waals surface area contributed by atoms with Crippen LogP contribution in [0.1, 0.15) is 21.5 Å². The molecule has 0 unspecified atom stereocenters. The molecule has 1 amide bonds. The van der Waals surface area contributed by atoms with Crippen molar-refractivity contribution in [2.45, 2.75) is 18.4 Å². The normalized spacial score (nSPS) is 12.3. The van der Waals surface area contributed by atoms with Gasteiger partial charge in [-0.05, 0) is 36.2 Å². The van der Waals surface area contributed by atoms with Gasteiger partial charge in [-0.2, -0.15) is 4.99 Å². The van der Waals surface area contributed by atoms with Gasteiger partial charge in [0.25, 0.3) is 5.91 Å². The van der Waals surface area contributed by atoms with E-state index in [1.807, 2.05) is 40.4 Å². The Labute approximate surface area is 166 Å². The van der Waals surface area contributed by atoms with E-state index in [1.54, 1.807) is 13.0 Å². The van der Waals surface area contributed by atoms with Crippen LogP contribution in [0.3, 0.4) is 0 Å². The molecule has 0 saturated heterocycles. The molecule has 1 aromatic heterocycles. The van der Waals surface area contributed by atoms with Crippen molar-refractivity contribution in [2.24, 2.45) is 4.99 Å². The number of aromatic nitrogens is 1. The average Bonchev–Trinajstić information content (AvgIpc) is 3.03. The van der Waals surface area contributed by atoms with Gasteiger partial charge < -0.3 is 4.57 Å². The first-order chi connectivity index (χ1) is 12.8. The Morgan fingerprint density at radius 2 is 1.96 bits per heavy atom. The van der Waals surface area contributed by atoms with Gasteiger partial charge in [-0.1, -0.05) is 35.9 Å². The fraction of sp³-hybridized carbons (Fsp3) is 0.158. The predicted octanol–water partition coefficient (Wildman–Crippen LogP) is 3.70. The van der Waals surface area contributed by atoms with Crippen molar-refractivity contribution in [1.82, 2.24) is 4.57 Å². The summed E-state index contributed by atoms with van der Waals surface area (Å²) >= 11 is 7.54. The summed E-state index contributed by atoms with van der Waals surface area (Å²) < 4.78 is 25.4. The molecule has 5 nitrogen and oxygen atoms in total. The molecule has 1 heterocycles. The van der Waals surface area contributed by atoms with E-state index in [9.17, 15) is 13.2 Å². The zero-order chi connectivity index (χ0) is 19.6. The van der Waals surface area contributed by atoms with Crippen LogP contribution in [0, 0.1) is 6.92 Å². The average molecular weight is 421 g/mol. The second-order valence-electron chi connectivity index (χ2n) is 6.07. The Kier molecular flexibility index (Phi) is 5.64. The minimum atomic E-state index is -3.40. The number of hydrogen-bond acceptors (Lipinski definition) is 4. The van der Waals surface area contributed by atoms with Gasteiger partial charge in [0, 0.05) is 28.4 Å². The van der Waals surface area contributed by atoms with Crippen LogP contribution in [0.5, 0.6) is 0 Å². The number of aryl methyl sites for hydroxylation is 1. The van der Waals surface area contributed by atoms with Crippen molar-refractivity contribution in [3.63, 3.8) is 0 Å². The highest BCUT2D eigenvalue weighted by Gasteiger charge is 2.14. The molecule has 27 heavy (non-hydrogen) atoms. The van der Waals surface area contributed by atoms with E-state index >= 15 is 0 Å². The van der Waals surface area contributed by atoms with Crippen LogP contribution in [-0.2, 0) is 16.4 Å². The number of rotatable bonds is 4. The first-order valence-corrected chi connectivity index (χ1v) is 11.2. The lowest BCUT2D eigenvalue weighted by Gasteiger charge is -2.06. The minimum Gasteiger partial charge on any atom is -0.319 e. The third-order valence-corrected chi connectivity index (χ3v) is 6.30. The van der Waals surface area contributed by atoms with Crippen LogP contribution < -0.4 is 4.80 Å². The Morgan fingerprint density at radius 1 is 1.22 bits per heavy atom. The topological polar surface area (TPSA) is 68.5 Å². The molecule has 0 atom stereocenters. The summed E-state index contributed by atoms with van der Waals surface area (Å²) in [5.74, 6) is -0.478. The molecule has 0 saturated carbocycles. The molecule has 0 aliphatic rings. The Bertz CT molecular complexity index is 1180. The standard InChI is InChI=1S/C19H17ClN2O3S2/c1-13-7-8-15(27(2,24)25)11-16(13)18(23)21-19-22(9-10-26-19)12-14-5-3-4-6-17(14)20/h3-11H,12H2,1-2H3. The Morgan fingerprint density at radius 3 is 2.67 bits per heavy atom. The summed E-state index contributed by atoms with van der Waals surface area (Å²) in [6, 6.07) is 12.0. The summed E-state index contributed by atoms with van der Waals surface area (Å²) in [5, 5.41) is 2.48. The maximum absolute atomic E-state index is 12.7. The number of carbonyl (C=O) groups is 1. The van der Waals surface area contributed by atoms with Gasteiger partial charge in [0.05, 0.1) is 11.4 Å². The maximum atomic E-state index is 12.7. The summed E-state index contributed by atoms with van der Waals surface area (Å²) in [7, 11) is -3.40. The Hall–Kier alpha value is -2.22. The number of benzene rings is 2. The quantitative estimate of drug-likeness (QED) is 0.646. The third-order valence-electron chi connectivity index (χ3n) is 4.02. The maximum Gasteiger partial charge on any atom is 0.279 e. The van der Waals surface area contributed by atoms with Crippen LogP contribution in [0.25, 0.3) is 0 Å². The highest BCUT2D eigenvalue weighted by Crippen LogP contribution is 2.17. The van der Waals surface area contributed by atoms with E-state index in [0.29, 0.717) is 21.9 Å². The highest BCUT2D eigenvalue weighted by molar-refractivity contribution is 7.90. The summed E-state index contributed by atoms with van der Waals surface area (Å²) in [6.07, 6.45) is 2.94. The Balaban J connectivity index is 1.98. The number of sulfone groups is 1. The van der Waals surface area contributed by atoms with Crippen molar-refractivity contribution in [2.75, 3.05) is 6.26 Å². The van der Waals surface area contributed by atoms with Crippen LogP contribution in [0.15, 0.2) is 63.9 Å². The molecule has 0 spiro atoms. The van der Waals surface area contributed by atoms with E-state index in [0.717, 1.165) is 11.8 Å². The van der Waals surface area contributed by atoms with E-state index in [2.05, 4.69) is 4.99 Å². The van der Waals surface area contributed by atoms with Gasteiger partial charge >= 0.3 is 0 Å². The first-order valence-electron chi connectivity index (χ1n) is 8.03. The molecule has 0 N–H and O–H groups in total. The SMILES string of the molecule is Cc1ccc(S(C)(=O)=O)cc1C(=O)N=c1sccn1Cc1ccccc1Cl. The molecule has 0 fully saturated rings. The van der Waals surface area contributed by atoms with Crippen LogP contribution in [-0.4, -0.2) is 25.1 Å². The molecular weight excluding hydrogens is 404 g/mol. The predicted molar refractivity (Wildman–Crippen MR) is 107 cm³/mol. The molecule has 0 bridgehead atoms. The minimum absolute atomic E-state index is 0.0989. The van der Waals surface area contributed by atoms with Crippen LogP contribution >= 0.6 is 22.9 Å². The van der Waals surface area contributed by atoms with E-state index < -0.39 is 15.7 Å². The van der Waals surface area contributed by atoms with Gasteiger partial charge in [-0.25, -0.2) is 8.42 Å². The second-order valence-corrected chi connectivity index (χ2v) is 9.37. The van der Waals surface area contributed by atoms with Crippen molar-refractivity contribution >= 4 is 38.7 Å². The van der Waals surface area contributed by atoms with Crippen molar-refractivity contribution < 1.29 is 13.2 Å². The summed E-state index contributed by atoms with van der Waals surface area (Å²) in [6.45, 7) is 2.23. The molecule has 140 valence electrons. The van der Waals surface area contributed by atoms with Crippen molar-refractivity contribution in [1.29, 1.82) is 0 Å². The molecule has 0 aliphatic heterocycles. The largest absolute Gasteiger partial charge is 0.319 e. The molecule has 0 radical (unpaired) electrons. The zero-order valence-electron chi connectivity index (χ0n) is 14.7.